The first-order chi connectivity index (χ1) is 10.8. The molecule has 1 fully saturated rings. The molecule has 0 aliphatic carbocycles. The van der Waals surface area contributed by atoms with E-state index in [4.69, 9.17) is 9.15 Å². The predicted octanol–water partition coefficient (Wildman–Crippen LogP) is 0.0642. The number of nitrogens with two attached hydrogens (primary N) is 1. The molecule has 3 rings (SSSR count). The van der Waals surface area contributed by atoms with Gasteiger partial charge in [-0.2, -0.15) is 0 Å². The zero-order valence-corrected chi connectivity index (χ0v) is 12.7. The van der Waals surface area contributed by atoms with Crippen LogP contribution in [0.3, 0.4) is 0 Å². The predicted molar refractivity (Wildman–Crippen MR) is 81.0 cm³/mol. The van der Waals surface area contributed by atoms with Gasteiger partial charge in [-0.05, 0) is 36.4 Å². The molecule has 1 aromatic heterocycles. The Morgan fingerprint density at radius 3 is 2.59 bits per heavy atom. The van der Waals surface area contributed by atoms with E-state index in [0.717, 1.165) is 63.0 Å². The van der Waals surface area contributed by atoms with Gasteiger partial charge in [-0.3, -0.25) is 0 Å². The van der Waals surface area contributed by atoms with Crippen LogP contribution in [0.2, 0.25) is 0 Å². The zero-order chi connectivity index (χ0) is 15.2. The quantitative estimate of drug-likeness (QED) is 0.742. The zero-order valence-electron chi connectivity index (χ0n) is 12.7. The van der Waals surface area contributed by atoms with E-state index in [9.17, 15) is 4.39 Å². The van der Waals surface area contributed by atoms with Gasteiger partial charge in [0.25, 0.3) is 0 Å². The largest absolute Gasteiger partial charge is 0.455 e. The van der Waals surface area contributed by atoms with Crippen LogP contribution < -0.4 is 10.2 Å². The van der Waals surface area contributed by atoms with E-state index in [0.29, 0.717) is 0 Å². The number of nitrogens with one attached hydrogen (secondary N) is 1. The summed E-state index contributed by atoms with van der Waals surface area (Å²) in [6.45, 7) is 7.08. The van der Waals surface area contributed by atoms with Crippen molar-refractivity contribution in [1.29, 1.82) is 0 Å². The molecule has 5 heteroatoms. The molecule has 2 aromatic rings. The van der Waals surface area contributed by atoms with Gasteiger partial charge in [0, 0.05) is 5.56 Å². The van der Waals surface area contributed by atoms with Crippen LogP contribution in [0.4, 0.5) is 4.39 Å². The average molecular weight is 306 g/mol. The molecular formula is C17H23FN2O2+2. The molecule has 0 atom stereocenters. The highest BCUT2D eigenvalue weighted by Crippen LogP contribution is 2.21. The Labute approximate surface area is 129 Å². The standard InChI is InChI=1S/C17H21FN2O2/c18-15-3-1-14(2-4-15)17-6-5-16(22-17)13-19-7-8-20-9-11-21-12-10-20/h1-6,19H,7-13H2/p+2. The third kappa shape index (κ3) is 4.16. The number of halogens is 1. The van der Waals surface area contributed by atoms with E-state index in [1.54, 1.807) is 17.0 Å². The number of ether oxygens (including phenoxy) is 1. The lowest BCUT2D eigenvalue weighted by atomic mass is 10.2. The molecule has 0 spiro atoms. The second-order valence-electron chi connectivity index (χ2n) is 5.67. The topological polar surface area (TPSA) is 43.4 Å². The van der Waals surface area contributed by atoms with Crippen LogP contribution in [0.15, 0.2) is 40.8 Å². The Balaban J connectivity index is 1.44. The van der Waals surface area contributed by atoms with Crippen LogP contribution in [0, 0.1) is 5.82 Å². The summed E-state index contributed by atoms with van der Waals surface area (Å²) in [5.41, 5.74) is 0.908. The summed E-state index contributed by atoms with van der Waals surface area (Å²) in [4.78, 5) is 1.62. The van der Waals surface area contributed by atoms with E-state index in [1.165, 1.54) is 12.1 Å². The Hall–Kier alpha value is -1.69. The summed E-state index contributed by atoms with van der Waals surface area (Å²) < 4.78 is 24.1. The van der Waals surface area contributed by atoms with Crippen LogP contribution in [0.25, 0.3) is 11.3 Å². The Kier molecular flexibility index (Phi) is 5.21. The van der Waals surface area contributed by atoms with Gasteiger partial charge in [-0.15, -0.1) is 0 Å². The van der Waals surface area contributed by atoms with Crippen LogP contribution in [0.1, 0.15) is 5.76 Å². The second-order valence-corrected chi connectivity index (χ2v) is 5.67. The second kappa shape index (κ2) is 7.54. The van der Waals surface area contributed by atoms with Crippen molar-refractivity contribution in [3.63, 3.8) is 0 Å². The fourth-order valence-corrected chi connectivity index (χ4v) is 2.72. The first-order valence-electron chi connectivity index (χ1n) is 7.89. The molecule has 3 N–H and O–H groups in total. The van der Waals surface area contributed by atoms with Gasteiger partial charge in [-0.25, -0.2) is 4.39 Å². The SMILES string of the molecule is Fc1ccc(-c2ccc(C[NH2+]CC[NH+]3CCOCC3)o2)cc1. The minimum absolute atomic E-state index is 0.227. The minimum atomic E-state index is -0.227. The monoisotopic (exact) mass is 306 g/mol. The normalized spacial score (nSPS) is 16.0. The number of morpholine rings is 1. The molecular weight excluding hydrogens is 283 g/mol. The van der Waals surface area contributed by atoms with Gasteiger partial charge in [0.05, 0.1) is 13.2 Å². The fraction of sp³-hybridized carbons (Fsp3) is 0.412. The van der Waals surface area contributed by atoms with E-state index in [2.05, 4.69) is 5.32 Å². The van der Waals surface area contributed by atoms with Crippen molar-refractivity contribution in [2.24, 2.45) is 0 Å². The fourth-order valence-electron chi connectivity index (χ4n) is 2.72. The Morgan fingerprint density at radius 2 is 1.82 bits per heavy atom. The van der Waals surface area contributed by atoms with Gasteiger partial charge in [-0.1, -0.05) is 0 Å². The molecule has 0 saturated carbocycles. The Morgan fingerprint density at radius 1 is 1.05 bits per heavy atom. The summed E-state index contributed by atoms with van der Waals surface area (Å²) in [6.07, 6.45) is 0. The highest BCUT2D eigenvalue weighted by Gasteiger charge is 2.14. The first kappa shape index (κ1) is 15.2. The van der Waals surface area contributed by atoms with Gasteiger partial charge >= 0.3 is 0 Å². The average Bonchev–Trinajstić information content (AvgIpc) is 3.02. The number of benzene rings is 1. The maximum Gasteiger partial charge on any atom is 0.158 e. The Bertz CT molecular complexity index is 577. The molecule has 1 aliphatic rings. The summed E-state index contributed by atoms with van der Waals surface area (Å²) in [5, 5.41) is 2.27. The number of hydrogen-bond donors (Lipinski definition) is 2. The van der Waals surface area contributed by atoms with Crippen LogP contribution in [-0.2, 0) is 11.3 Å². The van der Waals surface area contributed by atoms with E-state index >= 15 is 0 Å². The minimum Gasteiger partial charge on any atom is -0.455 e. The number of hydrogen-bond acceptors (Lipinski definition) is 2. The number of quaternary nitrogens is 2. The summed E-state index contributed by atoms with van der Waals surface area (Å²) >= 11 is 0. The lowest BCUT2D eigenvalue weighted by Crippen LogP contribution is -3.16. The molecule has 0 amide bonds. The van der Waals surface area contributed by atoms with Gasteiger partial charge in [0.1, 0.15) is 44.3 Å². The van der Waals surface area contributed by atoms with Crippen molar-refractivity contribution in [3.05, 3.63) is 48.0 Å². The molecule has 1 aliphatic heterocycles. The lowest BCUT2D eigenvalue weighted by molar-refractivity contribution is -0.920. The van der Waals surface area contributed by atoms with E-state index in [-0.39, 0.29) is 5.82 Å². The third-order valence-corrected chi connectivity index (χ3v) is 4.04. The first-order valence-corrected chi connectivity index (χ1v) is 7.89. The lowest BCUT2D eigenvalue weighted by Gasteiger charge is -2.22. The van der Waals surface area contributed by atoms with Crippen molar-refractivity contribution >= 4 is 0 Å². The van der Waals surface area contributed by atoms with Crippen molar-refractivity contribution in [1.82, 2.24) is 0 Å². The molecule has 1 saturated heterocycles. The number of furan rings is 1. The highest BCUT2D eigenvalue weighted by molar-refractivity contribution is 5.57. The maximum atomic E-state index is 12.9. The summed E-state index contributed by atoms with van der Waals surface area (Å²) in [6, 6.07) is 10.3. The molecule has 0 bridgehead atoms. The summed E-state index contributed by atoms with van der Waals surface area (Å²) in [5.74, 6) is 1.52. The van der Waals surface area contributed by atoms with Crippen LogP contribution >= 0.6 is 0 Å². The maximum absolute atomic E-state index is 12.9. The number of rotatable bonds is 6. The summed E-state index contributed by atoms with van der Waals surface area (Å²) in [7, 11) is 0. The molecule has 4 nitrogen and oxygen atoms in total. The smallest absolute Gasteiger partial charge is 0.158 e. The third-order valence-electron chi connectivity index (χ3n) is 4.04. The van der Waals surface area contributed by atoms with Crippen molar-refractivity contribution in [2.45, 2.75) is 6.54 Å². The molecule has 0 unspecified atom stereocenters. The van der Waals surface area contributed by atoms with Crippen molar-refractivity contribution in [3.8, 4) is 11.3 Å². The van der Waals surface area contributed by atoms with Gasteiger partial charge in [0.15, 0.2) is 5.76 Å². The van der Waals surface area contributed by atoms with Gasteiger partial charge in [0.2, 0.25) is 0 Å². The highest BCUT2D eigenvalue weighted by atomic mass is 19.1. The van der Waals surface area contributed by atoms with Gasteiger partial charge < -0.3 is 19.4 Å². The molecule has 22 heavy (non-hydrogen) atoms. The van der Waals surface area contributed by atoms with Crippen LogP contribution in [0.5, 0.6) is 0 Å². The van der Waals surface area contributed by atoms with E-state index in [1.807, 2.05) is 12.1 Å². The molecule has 2 heterocycles. The van der Waals surface area contributed by atoms with E-state index < -0.39 is 0 Å². The van der Waals surface area contributed by atoms with Crippen LogP contribution in [-0.4, -0.2) is 39.4 Å². The molecule has 118 valence electrons. The van der Waals surface area contributed by atoms with Crippen molar-refractivity contribution in [2.75, 3.05) is 39.4 Å². The molecule has 1 aromatic carbocycles. The van der Waals surface area contributed by atoms with Crippen molar-refractivity contribution < 1.29 is 23.8 Å². The molecule has 0 radical (unpaired) electrons.